The average Bonchev–Trinajstić information content (AvgIpc) is 3.25. The number of aromatic nitrogens is 2. The molecule has 0 aliphatic heterocycles. The lowest BCUT2D eigenvalue weighted by Crippen LogP contribution is -2.11. The van der Waals surface area contributed by atoms with Crippen molar-refractivity contribution in [3.05, 3.63) is 108 Å². The van der Waals surface area contributed by atoms with Crippen molar-refractivity contribution in [1.82, 2.24) is 9.97 Å². The number of amides is 1. The highest BCUT2D eigenvalue weighted by Crippen LogP contribution is 2.30. The molecular formula is C26H18ClN3O. The molecule has 0 bridgehead atoms. The van der Waals surface area contributed by atoms with Gasteiger partial charge in [0.15, 0.2) is 0 Å². The van der Waals surface area contributed by atoms with Crippen LogP contribution in [-0.4, -0.2) is 15.9 Å². The molecule has 0 atom stereocenters. The Morgan fingerprint density at radius 1 is 0.806 bits per heavy atom. The number of anilines is 1. The summed E-state index contributed by atoms with van der Waals surface area (Å²) in [5, 5.41) is 3.51. The van der Waals surface area contributed by atoms with Crippen LogP contribution in [0.1, 0.15) is 10.4 Å². The Bertz CT molecular complexity index is 1340. The number of para-hydroxylation sites is 2. The van der Waals surface area contributed by atoms with Gasteiger partial charge in [-0.15, -0.1) is 0 Å². The van der Waals surface area contributed by atoms with Gasteiger partial charge in [-0.2, -0.15) is 0 Å². The minimum absolute atomic E-state index is 0.183. The summed E-state index contributed by atoms with van der Waals surface area (Å²) in [5.41, 5.74) is 5.94. The third-order valence-electron chi connectivity index (χ3n) is 5.12. The molecule has 0 spiro atoms. The molecule has 0 saturated carbocycles. The van der Waals surface area contributed by atoms with Gasteiger partial charge in [-0.1, -0.05) is 66.2 Å². The van der Waals surface area contributed by atoms with Crippen LogP contribution in [0.3, 0.4) is 0 Å². The van der Waals surface area contributed by atoms with Crippen LogP contribution >= 0.6 is 11.6 Å². The summed E-state index contributed by atoms with van der Waals surface area (Å²) in [7, 11) is 0. The predicted octanol–water partition coefficient (Wildman–Crippen LogP) is 6.80. The van der Waals surface area contributed by atoms with Crippen molar-refractivity contribution in [3.8, 4) is 22.5 Å². The molecule has 0 unspecified atom stereocenters. The number of nitrogens with one attached hydrogen (secondary N) is 2. The Hall–Kier alpha value is -3.89. The molecule has 0 fully saturated rings. The molecule has 2 N–H and O–H groups in total. The fourth-order valence-electron chi connectivity index (χ4n) is 3.51. The number of carbonyl (C=O) groups is 1. The first kappa shape index (κ1) is 19.1. The van der Waals surface area contributed by atoms with E-state index in [1.165, 1.54) is 0 Å². The maximum absolute atomic E-state index is 12.8. The standard InChI is InChI=1S/C26H18ClN3O/c27-22-15-14-20(16-21(22)25-29-23-8-4-5-9-24(23)30-25)28-26(31)19-12-10-18(11-13-19)17-6-2-1-3-7-17/h1-16H,(H,28,31)(H,29,30). The monoisotopic (exact) mass is 423 g/mol. The molecule has 0 radical (unpaired) electrons. The molecule has 1 heterocycles. The van der Waals surface area contributed by atoms with Crippen LogP contribution in [-0.2, 0) is 0 Å². The fraction of sp³-hybridized carbons (Fsp3) is 0. The predicted molar refractivity (Wildman–Crippen MR) is 126 cm³/mol. The number of H-pyrrole nitrogens is 1. The van der Waals surface area contributed by atoms with E-state index in [0.717, 1.165) is 27.7 Å². The minimum Gasteiger partial charge on any atom is -0.338 e. The maximum Gasteiger partial charge on any atom is 0.255 e. The largest absolute Gasteiger partial charge is 0.338 e. The molecule has 4 aromatic carbocycles. The van der Waals surface area contributed by atoms with Gasteiger partial charge in [-0.25, -0.2) is 4.98 Å². The lowest BCUT2D eigenvalue weighted by atomic mass is 10.0. The van der Waals surface area contributed by atoms with E-state index in [0.29, 0.717) is 22.1 Å². The molecular weight excluding hydrogens is 406 g/mol. The molecule has 5 rings (SSSR count). The van der Waals surface area contributed by atoms with Crippen LogP contribution in [0.2, 0.25) is 5.02 Å². The van der Waals surface area contributed by atoms with E-state index in [2.05, 4.69) is 15.3 Å². The van der Waals surface area contributed by atoms with Gasteiger partial charge >= 0.3 is 0 Å². The number of nitrogens with zero attached hydrogens (tertiary/aromatic N) is 1. The molecule has 5 heteroatoms. The number of carbonyl (C=O) groups excluding carboxylic acids is 1. The van der Waals surface area contributed by atoms with E-state index in [-0.39, 0.29) is 5.91 Å². The molecule has 4 nitrogen and oxygen atoms in total. The van der Waals surface area contributed by atoms with Gasteiger partial charge in [0.1, 0.15) is 5.82 Å². The molecule has 5 aromatic rings. The van der Waals surface area contributed by atoms with Crippen LogP contribution < -0.4 is 5.32 Å². The zero-order chi connectivity index (χ0) is 21.2. The Morgan fingerprint density at radius 3 is 2.29 bits per heavy atom. The van der Waals surface area contributed by atoms with Crippen molar-refractivity contribution >= 4 is 34.2 Å². The maximum atomic E-state index is 12.8. The molecule has 31 heavy (non-hydrogen) atoms. The van der Waals surface area contributed by atoms with Crippen molar-refractivity contribution in [2.75, 3.05) is 5.32 Å². The van der Waals surface area contributed by atoms with Gasteiger partial charge in [-0.05, 0) is 53.6 Å². The minimum atomic E-state index is -0.183. The summed E-state index contributed by atoms with van der Waals surface area (Å²) < 4.78 is 0. The molecule has 0 aliphatic carbocycles. The van der Waals surface area contributed by atoms with Crippen LogP contribution in [0.5, 0.6) is 0 Å². The topological polar surface area (TPSA) is 57.8 Å². The SMILES string of the molecule is O=C(Nc1ccc(Cl)c(-c2nc3ccccc3[nH]2)c1)c1ccc(-c2ccccc2)cc1. The molecule has 150 valence electrons. The lowest BCUT2D eigenvalue weighted by Gasteiger charge is -2.09. The number of rotatable bonds is 4. The Balaban J connectivity index is 1.38. The second-order valence-electron chi connectivity index (χ2n) is 7.19. The van der Waals surface area contributed by atoms with Crippen molar-refractivity contribution in [2.45, 2.75) is 0 Å². The number of hydrogen-bond acceptors (Lipinski definition) is 2. The summed E-state index contributed by atoms with van der Waals surface area (Å²) in [5.74, 6) is 0.479. The van der Waals surface area contributed by atoms with Gasteiger partial charge < -0.3 is 10.3 Å². The zero-order valence-electron chi connectivity index (χ0n) is 16.5. The van der Waals surface area contributed by atoms with Crippen molar-refractivity contribution in [1.29, 1.82) is 0 Å². The van der Waals surface area contributed by atoms with Crippen LogP contribution in [0.25, 0.3) is 33.5 Å². The second-order valence-corrected chi connectivity index (χ2v) is 7.60. The third kappa shape index (κ3) is 3.93. The van der Waals surface area contributed by atoms with E-state index >= 15 is 0 Å². The summed E-state index contributed by atoms with van der Waals surface area (Å²) in [6.07, 6.45) is 0. The number of benzene rings is 4. The number of imidazole rings is 1. The van der Waals surface area contributed by atoms with Gasteiger partial charge in [0, 0.05) is 16.8 Å². The van der Waals surface area contributed by atoms with E-state index in [9.17, 15) is 4.79 Å². The van der Waals surface area contributed by atoms with Gasteiger partial charge in [-0.3, -0.25) is 4.79 Å². The van der Waals surface area contributed by atoms with Crippen molar-refractivity contribution in [2.24, 2.45) is 0 Å². The molecule has 1 aromatic heterocycles. The Morgan fingerprint density at radius 2 is 1.52 bits per heavy atom. The first-order valence-electron chi connectivity index (χ1n) is 9.89. The van der Waals surface area contributed by atoms with Gasteiger partial charge in [0.05, 0.1) is 16.1 Å². The van der Waals surface area contributed by atoms with Crippen LogP contribution in [0, 0.1) is 0 Å². The van der Waals surface area contributed by atoms with Crippen molar-refractivity contribution < 1.29 is 4.79 Å². The van der Waals surface area contributed by atoms with E-state index < -0.39 is 0 Å². The number of aromatic amines is 1. The quantitative estimate of drug-likeness (QED) is 0.334. The molecule has 0 aliphatic rings. The Kier molecular flexibility index (Phi) is 4.98. The summed E-state index contributed by atoms with van der Waals surface area (Å²) in [6, 6.07) is 30.8. The van der Waals surface area contributed by atoms with Crippen molar-refractivity contribution in [3.63, 3.8) is 0 Å². The zero-order valence-corrected chi connectivity index (χ0v) is 17.2. The van der Waals surface area contributed by atoms with E-state index in [1.807, 2.05) is 84.9 Å². The van der Waals surface area contributed by atoms with Crippen LogP contribution in [0.4, 0.5) is 5.69 Å². The normalized spacial score (nSPS) is 10.9. The second kappa shape index (κ2) is 8.09. The fourth-order valence-corrected chi connectivity index (χ4v) is 3.72. The Labute approximate surface area is 184 Å². The van der Waals surface area contributed by atoms with E-state index in [4.69, 9.17) is 11.6 Å². The molecule has 0 saturated heterocycles. The highest BCUT2D eigenvalue weighted by molar-refractivity contribution is 6.33. The highest BCUT2D eigenvalue weighted by atomic mass is 35.5. The van der Waals surface area contributed by atoms with Gasteiger partial charge in [0.25, 0.3) is 5.91 Å². The van der Waals surface area contributed by atoms with Crippen LogP contribution in [0.15, 0.2) is 97.1 Å². The summed E-state index contributed by atoms with van der Waals surface area (Å²) in [4.78, 5) is 20.7. The first-order chi connectivity index (χ1) is 15.2. The summed E-state index contributed by atoms with van der Waals surface area (Å²) in [6.45, 7) is 0. The highest BCUT2D eigenvalue weighted by Gasteiger charge is 2.12. The smallest absolute Gasteiger partial charge is 0.255 e. The average molecular weight is 424 g/mol. The number of hydrogen-bond donors (Lipinski definition) is 2. The summed E-state index contributed by atoms with van der Waals surface area (Å²) >= 11 is 6.41. The van der Waals surface area contributed by atoms with E-state index in [1.54, 1.807) is 12.1 Å². The molecule has 1 amide bonds. The third-order valence-corrected chi connectivity index (χ3v) is 5.45. The van der Waals surface area contributed by atoms with Gasteiger partial charge in [0.2, 0.25) is 0 Å². The first-order valence-corrected chi connectivity index (χ1v) is 10.3. The number of halogens is 1. The number of fused-ring (bicyclic) bond motifs is 1. The lowest BCUT2D eigenvalue weighted by molar-refractivity contribution is 0.102.